The molecule has 0 aromatic rings. The zero-order chi connectivity index (χ0) is 14.6. The molecule has 0 atom stereocenters. The first kappa shape index (κ1) is 15.7. The van der Waals surface area contributed by atoms with E-state index in [1.165, 1.54) is 0 Å². The van der Waals surface area contributed by atoms with E-state index in [2.05, 4.69) is 18.7 Å². The van der Waals surface area contributed by atoms with Gasteiger partial charge in [-0.15, -0.1) is 0 Å². The number of nitriles is 1. The Morgan fingerprint density at radius 2 is 1.74 bits per heavy atom. The van der Waals surface area contributed by atoms with Crippen molar-refractivity contribution in [3.05, 3.63) is 11.6 Å². The Morgan fingerprint density at radius 3 is 2.11 bits per heavy atom. The molecule has 0 spiro atoms. The second kappa shape index (κ2) is 6.21. The number of nitrogens with zero attached hydrogens (tertiary/aromatic N) is 3. The van der Waals surface area contributed by atoms with Crippen molar-refractivity contribution >= 4 is 5.91 Å². The fourth-order valence-electron chi connectivity index (χ4n) is 2.19. The lowest BCUT2D eigenvalue weighted by Gasteiger charge is -2.36. The maximum Gasteiger partial charge on any atom is 0.264 e. The quantitative estimate of drug-likeness (QED) is 0.566. The molecule has 19 heavy (non-hydrogen) atoms. The molecule has 4 nitrogen and oxygen atoms in total. The van der Waals surface area contributed by atoms with Crippen molar-refractivity contribution in [3.8, 4) is 6.07 Å². The summed E-state index contributed by atoms with van der Waals surface area (Å²) in [7, 11) is 0. The Hall–Kier alpha value is -1.34. The predicted octanol–water partition coefficient (Wildman–Crippen LogP) is 2.04. The molecule has 1 aliphatic heterocycles. The van der Waals surface area contributed by atoms with Crippen molar-refractivity contribution in [2.75, 3.05) is 26.2 Å². The molecule has 1 heterocycles. The van der Waals surface area contributed by atoms with Crippen molar-refractivity contribution in [3.63, 3.8) is 0 Å². The van der Waals surface area contributed by atoms with Gasteiger partial charge in [0.25, 0.3) is 5.91 Å². The highest BCUT2D eigenvalue weighted by atomic mass is 16.2. The summed E-state index contributed by atoms with van der Waals surface area (Å²) in [6.45, 7) is 13.5. The molecule has 0 aromatic heterocycles. The van der Waals surface area contributed by atoms with E-state index in [9.17, 15) is 4.79 Å². The van der Waals surface area contributed by atoms with Gasteiger partial charge in [-0.2, -0.15) is 5.26 Å². The van der Waals surface area contributed by atoms with Gasteiger partial charge in [0.15, 0.2) is 0 Å². The number of amides is 1. The highest BCUT2D eigenvalue weighted by Gasteiger charge is 2.25. The Balaban J connectivity index is 2.70. The lowest BCUT2D eigenvalue weighted by Crippen LogP contribution is -2.51. The van der Waals surface area contributed by atoms with Crippen molar-refractivity contribution < 1.29 is 4.79 Å². The number of carbonyl (C=O) groups is 1. The highest BCUT2D eigenvalue weighted by Crippen LogP contribution is 2.19. The van der Waals surface area contributed by atoms with Gasteiger partial charge in [-0.05, 0) is 19.3 Å². The third kappa shape index (κ3) is 4.68. The van der Waals surface area contributed by atoms with Crippen molar-refractivity contribution in [2.24, 2.45) is 5.41 Å². The summed E-state index contributed by atoms with van der Waals surface area (Å²) in [6, 6.07) is 2.56. The summed E-state index contributed by atoms with van der Waals surface area (Å²) in [6.07, 6.45) is 1.77. The summed E-state index contributed by atoms with van der Waals surface area (Å²) in [5, 5.41) is 9.15. The van der Waals surface area contributed by atoms with Crippen LogP contribution in [0.15, 0.2) is 11.6 Å². The molecule has 106 valence electrons. The number of rotatable bonds is 2. The molecule has 0 aromatic carbocycles. The van der Waals surface area contributed by atoms with E-state index in [4.69, 9.17) is 5.26 Å². The van der Waals surface area contributed by atoms with Crippen molar-refractivity contribution in [1.82, 2.24) is 9.80 Å². The Bertz CT molecular complexity index is 391. The first-order valence-electron chi connectivity index (χ1n) is 6.91. The van der Waals surface area contributed by atoms with E-state index < -0.39 is 0 Å². The van der Waals surface area contributed by atoms with Gasteiger partial charge < -0.3 is 4.90 Å². The van der Waals surface area contributed by atoms with E-state index in [1.54, 1.807) is 11.0 Å². The zero-order valence-electron chi connectivity index (χ0n) is 12.7. The SMILES string of the molecule is CC(C)N1CCN(C(=O)/C(C#N)=C/C(C)(C)C)CC1. The molecule has 0 radical (unpaired) electrons. The molecule has 0 unspecified atom stereocenters. The van der Waals surface area contributed by atoms with Gasteiger partial charge in [0.2, 0.25) is 0 Å². The molecule has 0 aliphatic carbocycles. The number of piperazine rings is 1. The van der Waals surface area contributed by atoms with E-state index in [0.717, 1.165) is 13.1 Å². The molecule has 1 amide bonds. The predicted molar refractivity (Wildman–Crippen MR) is 76.4 cm³/mol. The van der Waals surface area contributed by atoms with Gasteiger partial charge in [-0.3, -0.25) is 9.69 Å². The van der Waals surface area contributed by atoms with Crippen LogP contribution >= 0.6 is 0 Å². The lowest BCUT2D eigenvalue weighted by atomic mass is 9.93. The summed E-state index contributed by atoms with van der Waals surface area (Å²) in [5.41, 5.74) is 0.117. The zero-order valence-corrected chi connectivity index (χ0v) is 12.7. The number of hydrogen-bond donors (Lipinski definition) is 0. The Morgan fingerprint density at radius 1 is 1.21 bits per heavy atom. The monoisotopic (exact) mass is 263 g/mol. The largest absolute Gasteiger partial charge is 0.335 e. The highest BCUT2D eigenvalue weighted by molar-refractivity contribution is 5.97. The van der Waals surface area contributed by atoms with Crippen molar-refractivity contribution in [2.45, 2.75) is 40.7 Å². The molecule has 1 rings (SSSR count). The summed E-state index contributed by atoms with van der Waals surface area (Å²) in [4.78, 5) is 16.4. The fourth-order valence-corrected chi connectivity index (χ4v) is 2.19. The molecular weight excluding hydrogens is 238 g/mol. The first-order valence-corrected chi connectivity index (χ1v) is 6.91. The van der Waals surface area contributed by atoms with E-state index >= 15 is 0 Å². The minimum Gasteiger partial charge on any atom is -0.335 e. The third-order valence-electron chi connectivity index (χ3n) is 3.26. The lowest BCUT2D eigenvalue weighted by molar-refractivity contribution is -0.128. The van der Waals surface area contributed by atoms with Crippen LogP contribution in [0.5, 0.6) is 0 Å². The molecule has 1 aliphatic rings. The van der Waals surface area contributed by atoms with E-state index in [-0.39, 0.29) is 16.9 Å². The second-order valence-corrected chi connectivity index (χ2v) is 6.46. The van der Waals surface area contributed by atoms with Gasteiger partial charge in [-0.25, -0.2) is 0 Å². The van der Waals surface area contributed by atoms with Crippen LogP contribution in [-0.4, -0.2) is 47.9 Å². The van der Waals surface area contributed by atoms with Crippen LogP contribution in [0, 0.1) is 16.7 Å². The van der Waals surface area contributed by atoms with Crippen LogP contribution in [0.1, 0.15) is 34.6 Å². The molecular formula is C15H25N3O. The normalized spacial score (nSPS) is 18.6. The fraction of sp³-hybridized carbons (Fsp3) is 0.733. The van der Waals surface area contributed by atoms with Crippen molar-refractivity contribution in [1.29, 1.82) is 5.26 Å². The van der Waals surface area contributed by atoms with Gasteiger partial charge >= 0.3 is 0 Å². The number of allylic oxidation sites excluding steroid dienone is 1. The second-order valence-electron chi connectivity index (χ2n) is 6.46. The third-order valence-corrected chi connectivity index (χ3v) is 3.26. The van der Waals surface area contributed by atoms with Crippen LogP contribution in [0.2, 0.25) is 0 Å². The van der Waals surface area contributed by atoms with Crippen LogP contribution in [0.25, 0.3) is 0 Å². The number of carbonyl (C=O) groups excluding carboxylic acids is 1. The van der Waals surface area contributed by atoms with E-state index in [1.807, 2.05) is 26.8 Å². The molecule has 0 saturated carbocycles. The van der Waals surface area contributed by atoms with E-state index in [0.29, 0.717) is 19.1 Å². The first-order chi connectivity index (χ1) is 8.74. The maximum absolute atomic E-state index is 12.3. The van der Waals surface area contributed by atoms with Crippen LogP contribution in [-0.2, 0) is 4.79 Å². The van der Waals surface area contributed by atoms with Crippen LogP contribution in [0.3, 0.4) is 0 Å². The Kier molecular flexibility index (Phi) is 5.13. The summed E-state index contributed by atoms with van der Waals surface area (Å²) >= 11 is 0. The maximum atomic E-state index is 12.3. The summed E-state index contributed by atoms with van der Waals surface area (Å²) < 4.78 is 0. The standard InChI is InChI=1S/C15H25N3O/c1-12(2)17-6-8-18(9-7-17)14(19)13(11-16)10-15(3,4)5/h10,12H,6-9H2,1-5H3/b13-10+. The van der Waals surface area contributed by atoms with Gasteiger partial charge in [-0.1, -0.05) is 26.8 Å². The minimum atomic E-state index is -0.152. The summed E-state index contributed by atoms with van der Waals surface area (Å²) in [5.74, 6) is -0.124. The Labute approximate surface area is 116 Å². The molecule has 4 heteroatoms. The van der Waals surface area contributed by atoms with Gasteiger partial charge in [0.1, 0.15) is 11.6 Å². The van der Waals surface area contributed by atoms with Crippen LogP contribution < -0.4 is 0 Å². The van der Waals surface area contributed by atoms with Gasteiger partial charge in [0.05, 0.1) is 0 Å². The molecule has 1 fully saturated rings. The molecule has 0 N–H and O–H groups in total. The van der Waals surface area contributed by atoms with Gasteiger partial charge in [0, 0.05) is 32.2 Å². The average Bonchev–Trinajstić information content (AvgIpc) is 2.34. The smallest absolute Gasteiger partial charge is 0.264 e. The van der Waals surface area contributed by atoms with Crippen LogP contribution in [0.4, 0.5) is 0 Å². The minimum absolute atomic E-state index is 0.124. The average molecular weight is 263 g/mol. The molecule has 0 bridgehead atoms. The number of hydrogen-bond acceptors (Lipinski definition) is 3. The topological polar surface area (TPSA) is 47.3 Å². The molecule has 1 saturated heterocycles.